The van der Waals surface area contributed by atoms with Gasteiger partial charge in [-0.25, -0.2) is 4.98 Å². The highest BCUT2D eigenvalue weighted by Crippen LogP contribution is 2.38. The van der Waals surface area contributed by atoms with Gasteiger partial charge in [-0.3, -0.25) is 4.99 Å². The molecule has 1 aromatic carbocycles. The van der Waals surface area contributed by atoms with Gasteiger partial charge in [0.1, 0.15) is 24.5 Å². The zero-order chi connectivity index (χ0) is 26.6. The molecule has 7 nitrogen and oxygen atoms in total. The van der Waals surface area contributed by atoms with Crippen LogP contribution in [0.2, 0.25) is 0 Å². The van der Waals surface area contributed by atoms with E-state index in [-0.39, 0.29) is 12.6 Å². The molecule has 0 spiro atoms. The Labute approximate surface area is 220 Å². The number of aromatic nitrogens is 1. The SMILES string of the molecule is CC.CCCOC/N=C(/C=C\N)c1ccc(Oc2ccc3c(c2)OCC3CC=O)nc1.CCCSC. The summed E-state index contributed by atoms with van der Waals surface area (Å²) in [6.07, 6.45) is 10.6. The van der Waals surface area contributed by atoms with Crippen molar-refractivity contribution in [3.05, 3.63) is 59.9 Å². The molecule has 198 valence electrons. The van der Waals surface area contributed by atoms with E-state index < -0.39 is 0 Å². The molecule has 3 rings (SSSR count). The molecule has 0 saturated heterocycles. The average Bonchev–Trinajstić information content (AvgIpc) is 3.31. The Bertz CT molecular complexity index is 931. The number of aldehydes is 1. The van der Waals surface area contributed by atoms with Crippen LogP contribution in [0, 0.1) is 0 Å². The number of ether oxygens (including phenoxy) is 3. The molecule has 1 aliphatic heterocycles. The van der Waals surface area contributed by atoms with E-state index in [1.165, 1.54) is 18.4 Å². The number of carbonyl (C=O) groups is 1. The highest BCUT2D eigenvalue weighted by Gasteiger charge is 2.24. The third-order valence-electron chi connectivity index (χ3n) is 4.84. The van der Waals surface area contributed by atoms with Crippen LogP contribution in [0.3, 0.4) is 0 Å². The van der Waals surface area contributed by atoms with Gasteiger partial charge in [-0.05, 0) is 49.3 Å². The number of aliphatic imine (C=N–C) groups is 1. The van der Waals surface area contributed by atoms with Gasteiger partial charge < -0.3 is 24.7 Å². The summed E-state index contributed by atoms with van der Waals surface area (Å²) >= 11 is 1.90. The fourth-order valence-corrected chi connectivity index (χ4v) is 3.61. The third-order valence-corrected chi connectivity index (χ3v) is 5.65. The molecule has 2 N–H and O–H groups in total. The predicted octanol–water partition coefficient (Wildman–Crippen LogP) is 6.37. The van der Waals surface area contributed by atoms with Crippen LogP contribution in [0.1, 0.15) is 64.0 Å². The zero-order valence-corrected chi connectivity index (χ0v) is 23.1. The summed E-state index contributed by atoms with van der Waals surface area (Å²) in [5.74, 6) is 3.25. The molecule has 36 heavy (non-hydrogen) atoms. The number of allylic oxidation sites excluding steroid dienone is 1. The van der Waals surface area contributed by atoms with Crippen LogP contribution < -0.4 is 15.2 Å². The number of fused-ring (bicyclic) bond motifs is 1. The summed E-state index contributed by atoms with van der Waals surface area (Å²) < 4.78 is 16.9. The predicted molar refractivity (Wildman–Crippen MR) is 151 cm³/mol. The van der Waals surface area contributed by atoms with Crippen molar-refractivity contribution in [2.75, 3.05) is 32.0 Å². The van der Waals surface area contributed by atoms with Gasteiger partial charge in [-0.1, -0.05) is 33.8 Å². The van der Waals surface area contributed by atoms with E-state index in [1.807, 2.05) is 56.8 Å². The first-order valence-electron chi connectivity index (χ1n) is 12.5. The van der Waals surface area contributed by atoms with Crippen LogP contribution in [-0.2, 0) is 9.53 Å². The minimum atomic E-state index is 0.114. The second-order valence-corrected chi connectivity index (χ2v) is 8.52. The molecular formula is C28H41N3O4S. The molecule has 1 aliphatic rings. The lowest BCUT2D eigenvalue weighted by molar-refractivity contribution is -0.108. The molecule has 0 fully saturated rings. The number of hydrogen-bond acceptors (Lipinski definition) is 8. The largest absolute Gasteiger partial charge is 0.492 e. The topological polar surface area (TPSA) is 96.0 Å². The van der Waals surface area contributed by atoms with E-state index in [4.69, 9.17) is 19.9 Å². The summed E-state index contributed by atoms with van der Waals surface area (Å²) in [5, 5.41) is 0. The average molecular weight is 516 g/mol. The van der Waals surface area contributed by atoms with Crippen LogP contribution >= 0.6 is 11.8 Å². The molecule has 0 bridgehead atoms. The van der Waals surface area contributed by atoms with Crippen LogP contribution in [0.4, 0.5) is 0 Å². The number of pyridine rings is 1. The van der Waals surface area contributed by atoms with Gasteiger partial charge in [-0.15, -0.1) is 0 Å². The Balaban J connectivity index is 0.000000826. The van der Waals surface area contributed by atoms with Crippen LogP contribution in [0.15, 0.2) is 53.8 Å². The van der Waals surface area contributed by atoms with Gasteiger partial charge >= 0.3 is 0 Å². The smallest absolute Gasteiger partial charge is 0.219 e. The number of thioether (sulfide) groups is 1. The first-order chi connectivity index (χ1) is 17.7. The number of carbonyl (C=O) groups excluding carboxylic acids is 1. The van der Waals surface area contributed by atoms with Gasteiger partial charge in [0.25, 0.3) is 0 Å². The summed E-state index contributed by atoms with van der Waals surface area (Å²) in [6, 6.07) is 9.25. The van der Waals surface area contributed by atoms with Crippen molar-refractivity contribution < 1.29 is 19.0 Å². The van der Waals surface area contributed by atoms with Crippen molar-refractivity contribution in [1.82, 2.24) is 4.98 Å². The summed E-state index contributed by atoms with van der Waals surface area (Å²) in [6.45, 7) is 9.68. The number of nitrogens with zero attached hydrogens (tertiary/aromatic N) is 2. The molecule has 2 heterocycles. The minimum absolute atomic E-state index is 0.114. The highest BCUT2D eigenvalue weighted by molar-refractivity contribution is 7.98. The van der Waals surface area contributed by atoms with E-state index in [0.717, 1.165) is 29.6 Å². The first-order valence-corrected chi connectivity index (χ1v) is 13.9. The van der Waals surface area contributed by atoms with E-state index in [9.17, 15) is 4.79 Å². The molecule has 0 aliphatic carbocycles. The number of benzene rings is 1. The van der Waals surface area contributed by atoms with Crippen molar-refractivity contribution in [1.29, 1.82) is 0 Å². The quantitative estimate of drug-likeness (QED) is 0.199. The molecule has 1 aromatic heterocycles. The van der Waals surface area contributed by atoms with Gasteiger partial charge in [0, 0.05) is 48.4 Å². The van der Waals surface area contributed by atoms with Crippen LogP contribution in [-0.4, -0.2) is 48.9 Å². The Morgan fingerprint density at radius 2 is 2.06 bits per heavy atom. The molecule has 8 heteroatoms. The maximum Gasteiger partial charge on any atom is 0.219 e. The lowest BCUT2D eigenvalue weighted by Crippen LogP contribution is -2.03. The summed E-state index contributed by atoms with van der Waals surface area (Å²) in [5.41, 5.74) is 8.06. The van der Waals surface area contributed by atoms with Gasteiger partial charge in [0.05, 0.1) is 12.3 Å². The molecule has 1 unspecified atom stereocenters. The van der Waals surface area contributed by atoms with Gasteiger partial charge in [-0.2, -0.15) is 11.8 Å². The van der Waals surface area contributed by atoms with E-state index >= 15 is 0 Å². The fourth-order valence-electron chi connectivity index (χ4n) is 3.20. The minimum Gasteiger partial charge on any atom is -0.492 e. The number of nitrogens with two attached hydrogens (primary N) is 1. The lowest BCUT2D eigenvalue weighted by atomic mass is 9.99. The lowest BCUT2D eigenvalue weighted by Gasteiger charge is -2.08. The molecule has 1 atom stereocenters. The van der Waals surface area contributed by atoms with Gasteiger partial charge in [0.2, 0.25) is 5.88 Å². The Hall–Kier alpha value is -2.84. The maximum atomic E-state index is 10.8. The van der Waals surface area contributed by atoms with E-state index in [2.05, 4.69) is 23.2 Å². The van der Waals surface area contributed by atoms with Crippen molar-refractivity contribution in [3.8, 4) is 17.4 Å². The van der Waals surface area contributed by atoms with E-state index in [0.29, 0.717) is 37.0 Å². The van der Waals surface area contributed by atoms with E-state index in [1.54, 1.807) is 18.3 Å². The molecule has 0 saturated carbocycles. The second-order valence-electron chi connectivity index (χ2n) is 7.53. The molecular weight excluding hydrogens is 474 g/mol. The normalized spacial score (nSPS) is 14.1. The maximum absolute atomic E-state index is 10.8. The van der Waals surface area contributed by atoms with Crippen molar-refractivity contribution in [3.63, 3.8) is 0 Å². The van der Waals surface area contributed by atoms with Crippen molar-refractivity contribution >= 4 is 23.8 Å². The monoisotopic (exact) mass is 515 g/mol. The Morgan fingerprint density at radius 3 is 2.64 bits per heavy atom. The van der Waals surface area contributed by atoms with Crippen molar-refractivity contribution in [2.24, 2.45) is 10.7 Å². The van der Waals surface area contributed by atoms with Crippen molar-refractivity contribution in [2.45, 2.75) is 52.9 Å². The molecule has 0 amide bonds. The fraction of sp³-hybridized carbons (Fsp3) is 0.464. The van der Waals surface area contributed by atoms with Crippen LogP contribution in [0.25, 0.3) is 0 Å². The highest BCUT2D eigenvalue weighted by atomic mass is 32.2. The number of rotatable bonds is 12. The Morgan fingerprint density at radius 1 is 1.25 bits per heavy atom. The standard InChI is InChI=1S/C22H25N3O4.C4H10S.C2H6/c1-2-11-27-15-25-20(7-9-23)16-3-6-22(24-13-16)29-18-4-5-19-17(8-10-26)14-28-21(19)12-18;1-3-4-5-2;1-2/h3-7,9-10,12-13,17H,2,8,11,14-15,23H2,1H3;3-4H2,1-2H3;1-2H3/b9-7-,25-20-;;. The van der Waals surface area contributed by atoms with Crippen LogP contribution in [0.5, 0.6) is 17.4 Å². The second kappa shape index (κ2) is 19.4. The van der Waals surface area contributed by atoms with Gasteiger partial charge in [0.15, 0.2) is 0 Å². The summed E-state index contributed by atoms with van der Waals surface area (Å²) in [4.78, 5) is 19.5. The zero-order valence-electron chi connectivity index (χ0n) is 22.2. The molecule has 0 radical (unpaired) electrons. The third kappa shape index (κ3) is 10.8. The molecule has 2 aromatic rings. The first kappa shape index (κ1) is 31.2. The number of hydrogen-bond donors (Lipinski definition) is 1. The Kier molecular flexibility index (Phi) is 16.8. The summed E-state index contributed by atoms with van der Waals surface area (Å²) in [7, 11) is 0.